The monoisotopic (exact) mass is 286 g/mol. The number of hydrogen-bond acceptors (Lipinski definition) is 1. The molecule has 2 nitrogen and oxygen atoms in total. The molecule has 1 rings (SSSR count). The van der Waals surface area contributed by atoms with Crippen LogP contribution in [-0.2, 0) is 11.2 Å². The van der Waals surface area contributed by atoms with Crippen LogP contribution in [0.5, 0.6) is 0 Å². The number of benzene rings is 1. The Hall–Kier alpha value is -1.73. The van der Waals surface area contributed by atoms with Gasteiger partial charge in [0.2, 0.25) is 0 Å². The molecule has 0 amide bonds. The molecule has 0 aromatic heterocycles. The molecular formula is C11H8F6O2. The maximum absolute atomic E-state index is 12.4. The van der Waals surface area contributed by atoms with Crippen LogP contribution in [0.3, 0.4) is 0 Å². The Kier molecular flexibility index (Phi) is 4.12. The van der Waals surface area contributed by atoms with Crippen molar-refractivity contribution in [2.75, 3.05) is 0 Å². The van der Waals surface area contributed by atoms with Crippen molar-refractivity contribution < 1.29 is 36.2 Å². The molecule has 0 aliphatic heterocycles. The van der Waals surface area contributed by atoms with E-state index in [9.17, 15) is 31.1 Å². The van der Waals surface area contributed by atoms with Gasteiger partial charge in [-0.15, -0.1) is 0 Å². The lowest BCUT2D eigenvalue weighted by atomic mass is 9.96. The molecule has 1 aromatic carbocycles. The van der Waals surface area contributed by atoms with Crippen LogP contribution in [0.25, 0.3) is 0 Å². The fourth-order valence-corrected chi connectivity index (χ4v) is 1.57. The molecule has 19 heavy (non-hydrogen) atoms. The summed E-state index contributed by atoms with van der Waals surface area (Å²) < 4.78 is 74.4. The van der Waals surface area contributed by atoms with Crippen molar-refractivity contribution in [3.8, 4) is 0 Å². The average Bonchev–Trinajstić information content (AvgIpc) is 2.15. The Morgan fingerprint density at radius 2 is 1.42 bits per heavy atom. The second-order valence-electron chi connectivity index (χ2n) is 3.83. The number of hydrogen-bond donors (Lipinski definition) is 1. The normalized spacial score (nSPS) is 12.8. The van der Waals surface area contributed by atoms with Crippen LogP contribution in [-0.4, -0.2) is 23.4 Å². The Labute approximate surface area is 103 Å². The first-order valence-electron chi connectivity index (χ1n) is 4.96. The molecule has 0 radical (unpaired) electrons. The Balaban J connectivity index is 3.09. The lowest BCUT2D eigenvalue weighted by Crippen LogP contribution is -2.34. The third-order valence-corrected chi connectivity index (χ3v) is 2.32. The quantitative estimate of drug-likeness (QED) is 0.863. The number of halogens is 6. The molecule has 0 saturated carbocycles. The van der Waals surface area contributed by atoms with Crippen LogP contribution in [0.15, 0.2) is 24.3 Å². The van der Waals surface area contributed by atoms with Crippen molar-refractivity contribution >= 4 is 5.97 Å². The van der Waals surface area contributed by atoms with Crippen molar-refractivity contribution in [3.63, 3.8) is 0 Å². The van der Waals surface area contributed by atoms with E-state index >= 15 is 0 Å². The Morgan fingerprint density at radius 3 is 1.74 bits per heavy atom. The number of aliphatic carboxylic acids is 1. The lowest BCUT2D eigenvalue weighted by molar-refractivity contribution is -0.253. The molecule has 0 bridgehead atoms. The van der Waals surface area contributed by atoms with E-state index in [-0.39, 0.29) is 5.56 Å². The van der Waals surface area contributed by atoms with Crippen molar-refractivity contribution in [2.45, 2.75) is 24.7 Å². The first-order valence-corrected chi connectivity index (χ1v) is 4.96. The minimum absolute atomic E-state index is 0.124. The Bertz CT molecular complexity index is 432. The van der Waals surface area contributed by atoms with E-state index in [1.807, 2.05) is 0 Å². The molecule has 1 aromatic rings. The van der Waals surface area contributed by atoms with Gasteiger partial charge in [-0.3, -0.25) is 4.79 Å². The predicted octanol–water partition coefficient (Wildman–Crippen LogP) is 3.52. The fourth-order valence-electron chi connectivity index (χ4n) is 1.57. The highest BCUT2D eigenvalue weighted by Crippen LogP contribution is 2.46. The third-order valence-electron chi connectivity index (χ3n) is 2.32. The summed E-state index contributed by atoms with van der Waals surface area (Å²) in [6.45, 7) is 0. The van der Waals surface area contributed by atoms with Crippen LogP contribution in [0.1, 0.15) is 17.0 Å². The number of carboxylic acids is 1. The predicted molar refractivity (Wildman–Crippen MR) is 52.6 cm³/mol. The number of carboxylic acid groups (broad SMARTS) is 1. The first kappa shape index (κ1) is 15.3. The summed E-state index contributed by atoms with van der Waals surface area (Å²) in [5, 5.41) is 8.44. The fraction of sp³-hybridized carbons (Fsp3) is 0.364. The smallest absolute Gasteiger partial charge is 0.404 e. The molecule has 0 fully saturated rings. The van der Waals surface area contributed by atoms with Crippen LogP contribution in [0, 0.1) is 0 Å². The van der Waals surface area contributed by atoms with Gasteiger partial charge in [0.25, 0.3) is 0 Å². The van der Waals surface area contributed by atoms with Gasteiger partial charge in [-0.25, -0.2) is 0 Å². The standard InChI is InChI=1S/C11H8F6O2/c12-10(13,14)9(11(15,16)17)7-3-1-6(2-4-7)5-8(18)19/h1-4,9H,5H2,(H,18,19). The van der Waals surface area contributed by atoms with E-state index in [0.29, 0.717) is 12.1 Å². The van der Waals surface area contributed by atoms with E-state index in [1.165, 1.54) is 0 Å². The first-order chi connectivity index (χ1) is 8.51. The maximum Gasteiger partial charge on any atom is 0.404 e. The van der Waals surface area contributed by atoms with E-state index in [0.717, 1.165) is 12.1 Å². The molecule has 0 spiro atoms. The highest BCUT2D eigenvalue weighted by Gasteiger charge is 2.57. The maximum atomic E-state index is 12.4. The lowest BCUT2D eigenvalue weighted by Gasteiger charge is -2.23. The molecule has 0 aliphatic rings. The average molecular weight is 286 g/mol. The summed E-state index contributed by atoms with van der Waals surface area (Å²) >= 11 is 0. The largest absolute Gasteiger partial charge is 0.481 e. The van der Waals surface area contributed by atoms with Crippen molar-refractivity contribution in [1.29, 1.82) is 0 Å². The molecule has 0 unspecified atom stereocenters. The second kappa shape index (κ2) is 5.10. The molecular weight excluding hydrogens is 278 g/mol. The van der Waals surface area contributed by atoms with Crippen LogP contribution in [0.4, 0.5) is 26.3 Å². The molecule has 8 heteroatoms. The van der Waals surface area contributed by atoms with E-state index in [4.69, 9.17) is 5.11 Å². The van der Waals surface area contributed by atoms with Gasteiger partial charge in [0, 0.05) is 0 Å². The van der Waals surface area contributed by atoms with Gasteiger partial charge in [-0.2, -0.15) is 26.3 Å². The van der Waals surface area contributed by atoms with Crippen molar-refractivity contribution in [2.24, 2.45) is 0 Å². The number of rotatable bonds is 3. The molecule has 0 heterocycles. The second-order valence-corrected chi connectivity index (χ2v) is 3.83. The van der Waals surface area contributed by atoms with Gasteiger partial charge in [0.15, 0.2) is 5.92 Å². The zero-order chi connectivity index (χ0) is 14.8. The van der Waals surface area contributed by atoms with E-state index in [2.05, 4.69) is 0 Å². The number of carbonyl (C=O) groups is 1. The molecule has 0 aliphatic carbocycles. The Morgan fingerprint density at radius 1 is 1.00 bits per heavy atom. The summed E-state index contributed by atoms with van der Waals surface area (Å²) in [5.41, 5.74) is -0.839. The van der Waals surface area contributed by atoms with E-state index in [1.54, 1.807) is 0 Å². The van der Waals surface area contributed by atoms with Gasteiger partial charge in [0.1, 0.15) is 0 Å². The van der Waals surface area contributed by atoms with Gasteiger partial charge >= 0.3 is 18.3 Å². The summed E-state index contributed by atoms with van der Waals surface area (Å²) in [5.74, 6) is -4.80. The highest BCUT2D eigenvalue weighted by atomic mass is 19.4. The van der Waals surface area contributed by atoms with Gasteiger partial charge in [-0.05, 0) is 11.1 Å². The zero-order valence-corrected chi connectivity index (χ0v) is 9.22. The molecule has 106 valence electrons. The minimum Gasteiger partial charge on any atom is -0.481 e. The summed E-state index contributed by atoms with van der Waals surface area (Å²) in [6, 6.07) is 3.16. The topological polar surface area (TPSA) is 37.3 Å². The molecule has 1 N–H and O–H groups in total. The summed E-state index contributed by atoms with van der Waals surface area (Å²) in [4.78, 5) is 10.3. The van der Waals surface area contributed by atoms with Crippen LogP contribution in [0.2, 0.25) is 0 Å². The van der Waals surface area contributed by atoms with Gasteiger partial charge < -0.3 is 5.11 Å². The van der Waals surface area contributed by atoms with E-state index < -0.39 is 36.2 Å². The third kappa shape index (κ3) is 4.15. The van der Waals surface area contributed by atoms with Gasteiger partial charge in [0.05, 0.1) is 6.42 Å². The van der Waals surface area contributed by atoms with Crippen LogP contribution < -0.4 is 0 Å². The molecule has 0 saturated heterocycles. The highest BCUT2D eigenvalue weighted by molar-refractivity contribution is 5.70. The minimum atomic E-state index is -5.45. The molecule has 0 atom stereocenters. The van der Waals surface area contributed by atoms with Crippen molar-refractivity contribution in [3.05, 3.63) is 35.4 Å². The SMILES string of the molecule is O=C(O)Cc1ccc(C(C(F)(F)F)C(F)(F)F)cc1. The summed E-state index contributed by atoms with van der Waals surface area (Å²) in [7, 11) is 0. The number of alkyl halides is 6. The summed E-state index contributed by atoms with van der Waals surface area (Å²) in [6.07, 6.45) is -11.4. The van der Waals surface area contributed by atoms with Crippen LogP contribution >= 0.6 is 0 Å². The van der Waals surface area contributed by atoms with Gasteiger partial charge in [-0.1, -0.05) is 24.3 Å². The zero-order valence-electron chi connectivity index (χ0n) is 9.22. The van der Waals surface area contributed by atoms with Crippen molar-refractivity contribution in [1.82, 2.24) is 0 Å².